The summed E-state index contributed by atoms with van der Waals surface area (Å²) in [6.07, 6.45) is 2.71. The topological polar surface area (TPSA) is 101 Å². The lowest BCUT2D eigenvalue weighted by Gasteiger charge is -2.05. The van der Waals surface area contributed by atoms with E-state index in [1.54, 1.807) is 24.3 Å². The molecule has 0 aliphatic heterocycles. The summed E-state index contributed by atoms with van der Waals surface area (Å²) < 4.78 is 0. The number of nitrogens with zero attached hydrogens (tertiary/aromatic N) is 2. The summed E-state index contributed by atoms with van der Waals surface area (Å²) in [5, 5.41) is 11.6. The Kier molecular flexibility index (Phi) is 3.49. The molecule has 2 rings (SSSR count). The van der Waals surface area contributed by atoms with Crippen LogP contribution < -0.4 is 11.1 Å². The first-order valence-electron chi connectivity index (χ1n) is 5.27. The summed E-state index contributed by atoms with van der Waals surface area (Å²) in [6.45, 7) is -0.0328. The minimum absolute atomic E-state index is 0.0328. The van der Waals surface area contributed by atoms with Crippen LogP contribution in [-0.2, 0) is 6.61 Å². The molecule has 92 valence electrons. The van der Waals surface area contributed by atoms with Crippen LogP contribution in [0.4, 0.5) is 11.5 Å². The predicted molar refractivity (Wildman–Crippen MR) is 66.8 cm³/mol. The van der Waals surface area contributed by atoms with Crippen molar-refractivity contribution < 1.29 is 9.90 Å². The number of aliphatic hydroxyl groups excluding tert-OH is 1. The van der Waals surface area contributed by atoms with Crippen LogP contribution in [0.2, 0.25) is 0 Å². The van der Waals surface area contributed by atoms with Gasteiger partial charge in [-0.15, -0.1) is 0 Å². The van der Waals surface area contributed by atoms with Crippen molar-refractivity contribution in [1.82, 2.24) is 9.97 Å². The van der Waals surface area contributed by atoms with Gasteiger partial charge in [-0.05, 0) is 17.7 Å². The molecule has 18 heavy (non-hydrogen) atoms. The number of aliphatic hydroxyl groups is 1. The van der Waals surface area contributed by atoms with Crippen LogP contribution in [0.3, 0.4) is 0 Å². The largest absolute Gasteiger partial charge is 0.392 e. The molecule has 1 heterocycles. The van der Waals surface area contributed by atoms with Gasteiger partial charge < -0.3 is 16.2 Å². The van der Waals surface area contributed by atoms with E-state index in [9.17, 15) is 4.79 Å². The van der Waals surface area contributed by atoms with E-state index in [-0.39, 0.29) is 24.0 Å². The second-order valence-corrected chi connectivity index (χ2v) is 3.64. The van der Waals surface area contributed by atoms with E-state index < -0.39 is 0 Å². The minimum atomic E-state index is -0.383. The van der Waals surface area contributed by atoms with Gasteiger partial charge in [0.1, 0.15) is 11.5 Å². The monoisotopic (exact) mass is 244 g/mol. The summed E-state index contributed by atoms with van der Waals surface area (Å²) in [6, 6.07) is 6.84. The van der Waals surface area contributed by atoms with Crippen LogP contribution in [0.5, 0.6) is 0 Å². The van der Waals surface area contributed by atoms with Crippen LogP contribution in [-0.4, -0.2) is 21.0 Å². The molecule has 0 saturated carbocycles. The lowest BCUT2D eigenvalue weighted by molar-refractivity contribution is 0.102. The lowest BCUT2D eigenvalue weighted by Crippen LogP contribution is -2.14. The average molecular weight is 244 g/mol. The molecule has 0 saturated heterocycles. The van der Waals surface area contributed by atoms with E-state index >= 15 is 0 Å². The zero-order valence-corrected chi connectivity index (χ0v) is 9.50. The summed E-state index contributed by atoms with van der Waals surface area (Å²) in [5.41, 5.74) is 6.99. The molecule has 0 atom stereocenters. The highest BCUT2D eigenvalue weighted by Gasteiger charge is 2.08. The molecule has 0 fully saturated rings. The number of nitrogens with two attached hydrogens (primary N) is 1. The number of carbonyl (C=O) groups is 1. The Balaban J connectivity index is 2.11. The first-order valence-corrected chi connectivity index (χ1v) is 5.27. The second kappa shape index (κ2) is 5.24. The quantitative estimate of drug-likeness (QED) is 0.741. The fraction of sp³-hybridized carbons (Fsp3) is 0.0833. The number of anilines is 2. The van der Waals surface area contributed by atoms with Crippen LogP contribution in [0, 0.1) is 0 Å². The maximum absolute atomic E-state index is 11.8. The Morgan fingerprint density at radius 3 is 2.61 bits per heavy atom. The number of amides is 1. The van der Waals surface area contributed by atoms with E-state index in [2.05, 4.69) is 15.3 Å². The summed E-state index contributed by atoms with van der Waals surface area (Å²) in [7, 11) is 0. The third-order valence-corrected chi connectivity index (χ3v) is 2.28. The number of nitrogen functional groups attached to an aromatic ring is 1. The highest BCUT2D eigenvalue weighted by molar-refractivity contribution is 6.02. The molecule has 6 heteroatoms. The molecule has 6 nitrogen and oxygen atoms in total. The summed E-state index contributed by atoms with van der Waals surface area (Å²) in [5.74, 6) is -0.190. The molecule has 2 aromatic rings. The number of carbonyl (C=O) groups excluding carboxylic acids is 1. The van der Waals surface area contributed by atoms with E-state index in [1.165, 1.54) is 12.4 Å². The highest BCUT2D eigenvalue weighted by Crippen LogP contribution is 2.10. The van der Waals surface area contributed by atoms with Crippen molar-refractivity contribution in [3.05, 3.63) is 47.9 Å². The average Bonchev–Trinajstić information content (AvgIpc) is 2.39. The van der Waals surface area contributed by atoms with Crippen LogP contribution >= 0.6 is 0 Å². The maximum Gasteiger partial charge on any atom is 0.275 e. The Hall–Kier alpha value is -2.47. The van der Waals surface area contributed by atoms with Gasteiger partial charge in [0.05, 0.1) is 19.0 Å². The second-order valence-electron chi connectivity index (χ2n) is 3.64. The van der Waals surface area contributed by atoms with Crippen LogP contribution in [0.1, 0.15) is 16.1 Å². The zero-order valence-electron chi connectivity index (χ0n) is 9.50. The molecule has 0 unspecified atom stereocenters. The molecule has 0 aliphatic rings. The fourth-order valence-corrected chi connectivity index (χ4v) is 1.38. The molecule has 1 aromatic carbocycles. The first-order chi connectivity index (χ1) is 8.69. The SMILES string of the molecule is Nc1cncc(C(=O)Nc2ccc(CO)cc2)n1. The van der Waals surface area contributed by atoms with Gasteiger partial charge in [0.2, 0.25) is 0 Å². The first kappa shape index (κ1) is 12.0. The predicted octanol–water partition coefficient (Wildman–Crippen LogP) is 0.803. The van der Waals surface area contributed by atoms with Gasteiger partial charge in [-0.25, -0.2) is 4.98 Å². The van der Waals surface area contributed by atoms with Crippen molar-refractivity contribution in [2.45, 2.75) is 6.61 Å². The minimum Gasteiger partial charge on any atom is -0.392 e. The number of hydrogen-bond donors (Lipinski definition) is 3. The van der Waals surface area contributed by atoms with Gasteiger partial charge in [0, 0.05) is 5.69 Å². The number of benzene rings is 1. The number of hydrogen-bond acceptors (Lipinski definition) is 5. The molecule has 1 amide bonds. The van der Waals surface area contributed by atoms with Gasteiger partial charge >= 0.3 is 0 Å². The molecule has 0 bridgehead atoms. The standard InChI is InChI=1S/C12H12N4O2/c13-11-6-14-5-10(16-11)12(18)15-9-3-1-8(7-17)2-4-9/h1-6,17H,7H2,(H2,13,16)(H,15,18). The van der Waals surface area contributed by atoms with E-state index in [0.29, 0.717) is 5.69 Å². The highest BCUT2D eigenvalue weighted by atomic mass is 16.3. The molecule has 4 N–H and O–H groups in total. The molecular weight excluding hydrogens is 232 g/mol. The van der Waals surface area contributed by atoms with Crippen molar-refractivity contribution in [3.8, 4) is 0 Å². The third kappa shape index (κ3) is 2.80. The van der Waals surface area contributed by atoms with Gasteiger partial charge in [-0.1, -0.05) is 12.1 Å². The van der Waals surface area contributed by atoms with Gasteiger partial charge in [0.15, 0.2) is 0 Å². The van der Waals surface area contributed by atoms with Gasteiger partial charge in [0.25, 0.3) is 5.91 Å². The number of aromatic nitrogens is 2. The van der Waals surface area contributed by atoms with Crippen LogP contribution in [0.15, 0.2) is 36.7 Å². The summed E-state index contributed by atoms with van der Waals surface area (Å²) >= 11 is 0. The normalized spacial score (nSPS) is 10.1. The zero-order chi connectivity index (χ0) is 13.0. The molecule has 0 aliphatic carbocycles. The fourth-order valence-electron chi connectivity index (χ4n) is 1.38. The third-order valence-electron chi connectivity index (χ3n) is 2.28. The lowest BCUT2D eigenvalue weighted by atomic mass is 10.2. The number of nitrogens with one attached hydrogen (secondary N) is 1. The van der Waals surface area contributed by atoms with E-state index in [0.717, 1.165) is 5.56 Å². The Morgan fingerprint density at radius 1 is 1.28 bits per heavy atom. The molecule has 1 aromatic heterocycles. The van der Waals surface area contributed by atoms with E-state index in [4.69, 9.17) is 10.8 Å². The molecule has 0 radical (unpaired) electrons. The van der Waals surface area contributed by atoms with Crippen molar-refractivity contribution in [2.24, 2.45) is 0 Å². The molecular formula is C12H12N4O2. The van der Waals surface area contributed by atoms with Gasteiger partial charge in [-0.2, -0.15) is 0 Å². The van der Waals surface area contributed by atoms with Crippen molar-refractivity contribution in [1.29, 1.82) is 0 Å². The van der Waals surface area contributed by atoms with Crippen molar-refractivity contribution in [3.63, 3.8) is 0 Å². The maximum atomic E-state index is 11.8. The van der Waals surface area contributed by atoms with Crippen molar-refractivity contribution in [2.75, 3.05) is 11.1 Å². The van der Waals surface area contributed by atoms with Crippen LogP contribution in [0.25, 0.3) is 0 Å². The molecule has 0 spiro atoms. The Bertz CT molecular complexity index is 554. The number of rotatable bonds is 3. The van der Waals surface area contributed by atoms with Gasteiger partial charge in [-0.3, -0.25) is 9.78 Å². The smallest absolute Gasteiger partial charge is 0.275 e. The Morgan fingerprint density at radius 2 is 2.00 bits per heavy atom. The van der Waals surface area contributed by atoms with E-state index in [1.807, 2.05) is 0 Å². The van der Waals surface area contributed by atoms with Crippen molar-refractivity contribution >= 4 is 17.4 Å². The summed E-state index contributed by atoms with van der Waals surface area (Å²) in [4.78, 5) is 19.5. The Labute approximate surface area is 104 Å².